The van der Waals surface area contributed by atoms with E-state index in [1.165, 1.54) is 7.11 Å². The van der Waals surface area contributed by atoms with E-state index >= 15 is 0 Å². The number of aromatic nitrogens is 2. The molecule has 1 unspecified atom stereocenters. The largest absolute Gasteiger partial charge is 0.463 e. The Hall–Kier alpha value is -1.69. The van der Waals surface area contributed by atoms with Crippen molar-refractivity contribution in [2.75, 3.05) is 31.7 Å². The molecule has 1 aromatic heterocycles. The van der Waals surface area contributed by atoms with Gasteiger partial charge < -0.3 is 14.7 Å². The Morgan fingerprint density at radius 1 is 1.63 bits per heavy atom. The van der Waals surface area contributed by atoms with Gasteiger partial charge in [-0.25, -0.2) is 14.8 Å². The maximum atomic E-state index is 11.4. The molecule has 0 amide bonds. The number of hydrogen-bond acceptors (Lipinski definition) is 6. The summed E-state index contributed by atoms with van der Waals surface area (Å²) in [6.07, 6.45) is 4.59. The number of hydrogen-bond donors (Lipinski definition) is 1. The first kappa shape index (κ1) is 13.7. The Morgan fingerprint density at radius 3 is 3.21 bits per heavy atom. The fourth-order valence-corrected chi connectivity index (χ4v) is 2.41. The first-order valence-electron chi connectivity index (χ1n) is 6.51. The Bertz CT molecular complexity index is 437. The van der Waals surface area contributed by atoms with Gasteiger partial charge in [-0.1, -0.05) is 0 Å². The molecule has 6 heteroatoms. The van der Waals surface area contributed by atoms with E-state index < -0.39 is 5.97 Å². The lowest BCUT2D eigenvalue weighted by molar-refractivity contribution is 0.0586. The SMILES string of the molecule is COC(=O)c1nccc(N2CCCC(CCO)C2)n1. The lowest BCUT2D eigenvalue weighted by Gasteiger charge is -2.33. The van der Waals surface area contributed by atoms with Crippen molar-refractivity contribution in [3.8, 4) is 0 Å². The van der Waals surface area contributed by atoms with Gasteiger partial charge in [0.25, 0.3) is 0 Å². The molecule has 19 heavy (non-hydrogen) atoms. The summed E-state index contributed by atoms with van der Waals surface area (Å²) in [6.45, 7) is 1.99. The minimum atomic E-state index is -0.522. The lowest BCUT2D eigenvalue weighted by atomic mass is 9.95. The number of anilines is 1. The highest BCUT2D eigenvalue weighted by atomic mass is 16.5. The van der Waals surface area contributed by atoms with E-state index in [1.807, 2.05) is 0 Å². The van der Waals surface area contributed by atoms with Crippen LogP contribution in [0.25, 0.3) is 0 Å². The molecule has 1 N–H and O–H groups in total. The monoisotopic (exact) mass is 265 g/mol. The normalized spacial score (nSPS) is 19.3. The molecule has 2 heterocycles. The van der Waals surface area contributed by atoms with Gasteiger partial charge in [0, 0.05) is 25.9 Å². The van der Waals surface area contributed by atoms with Crippen molar-refractivity contribution >= 4 is 11.8 Å². The van der Waals surface area contributed by atoms with Crippen LogP contribution in [0, 0.1) is 5.92 Å². The Morgan fingerprint density at radius 2 is 2.47 bits per heavy atom. The van der Waals surface area contributed by atoms with Crippen LogP contribution in [-0.2, 0) is 4.74 Å². The van der Waals surface area contributed by atoms with E-state index in [9.17, 15) is 4.79 Å². The van der Waals surface area contributed by atoms with Crippen LogP contribution in [0.5, 0.6) is 0 Å². The van der Waals surface area contributed by atoms with Crippen molar-refractivity contribution in [1.29, 1.82) is 0 Å². The maximum absolute atomic E-state index is 11.4. The molecule has 2 rings (SSSR count). The third kappa shape index (κ3) is 3.41. The van der Waals surface area contributed by atoms with Crippen molar-refractivity contribution in [2.45, 2.75) is 19.3 Å². The molecular formula is C13H19N3O3. The molecular weight excluding hydrogens is 246 g/mol. The van der Waals surface area contributed by atoms with Crippen LogP contribution < -0.4 is 4.90 Å². The highest BCUT2D eigenvalue weighted by Gasteiger charge is 2.21. The molecule has 1 aliphatic heterocycles. The number of aliphatic hydroxyl groups excluding tert-OH is 1. The topological polar surface area (TPSA) is 75.5 Å². The summed E-state index contributed by atoms with van der Waals surface area (Å²) in [4.78, 5) is 21.7. The van der Waals surface area contributed by atoms with Gasteiger partial charge in [0.05, 0.1) is 7.11 Å². The number of methoxy groups -OCH3 is 1. The molecule has 104 valence electrons. The van der Waals surface area contributed by atoms with Gasteiger partial charge >= 0.3 is 5.97 Å². The molecule has 1 fully saturated rings. The van der Waals surface area contributed by atoms with Crippen LogP contribution in [-0.4, -0.2) is 47.8 Å². The minimum absolute atomic E-state index is 0.0873. The van der Waals surface area contributed by atoms with Crippen molar-refractivity contribution in [3.05, 3.63) is 18.1 Å². The number of piperidine rings is 1. The summed E-state index contributed by atoms with van der Waals surface area (Å²) >= 11 is 0. The number of carbonyl (C=O) groups excluding carboxylic acids is 1. The standard InChI is InChI=1S/C13H19N3O3/c1-19-13(18)12-14-6-4-11(15-12)16-7-2-3-10(9-16)5-8-17/h4,6,10,17H,2-3,5,7-9H2,1H3. The van der Waals surface area contributed by atoms with Crippen LogP contribution in [0.2, 0.25) is 0 Å². The van der Waals surface area contributed by atoms with Gasteiger partial charge in [-0.2, -0.15) is 0 Å². The second-order valence-corrected chi connectivity index (χ2v) is 4.70. The van der Waals surface area contributed by atoms with Crippen molar-refractivity contribution in [2.24, 2.45) is 5.92 Å². The summed E-state index contributed by atoms with van der Waals surface area (Å²) in [6, 6.07) is 1.80. The smallest absolute Gasteiger partial charge is 0.376 e. The number of ether oxygens (including phenoxy) is 1. The number of nitrogens with zero attached hydrogens (tertiary/aromatic N) is 3. The second kappa shape index (κ2) is 6.47. The van der Waals surface area contributed by atoms with Crippen molar-refractivity contribution in [1.82, 2.24) is 9.97 Å². The molecule has 0 saturated carbocycles. The average molecular weight is 265 g/mol. The molecule has 1 aliphatic rings. The van der Waals surface area contributed by atoms with E-state index in [0.717, 1.165) is 38.2 Å². The Labute approximate surface area is 112 Å². The first-order valence-corrected chi connectivity index (χ1v) is 6.51. The van der Waals surface area contributed by atoms with Gasteiger partial charge in [0.2, 0.25) is 5.82 Å². The van der Waals surface area contributed by atoms with Crippen LogP contribution >= 0.6 is 0 Å². The van der Waals surface area contributed by atoms with E-state index in [2.05, 4.69) is 19.6 Å². The predicted octanol–water partition coefficient (Wildman–Crippen LogP) is 0.862. The molecule has 0 aliphatic carbocycles. The number of esters is 1. The lowest BCUT2D eigenvalue weighted by Crippen LogP contribution is -2.36. The summed E-state index contributed by atoms with van der Waals surface area (Å²) < 4.78 is 4.62. The van der Waals surface area contributed by atoms with E-state index in [4.69, 9.17) is 5.11 Å². The van der Waals surface area contributed by atoms with Gasteiger partial charge in [-0.05, 0) is 31.2 Å². The van der Waals surface area contributed by atoms with Gasteiger partial charge in [0.15, 0.2) is 0 Å². The summed E-state index contributed by atoms with van der Waals surface area (Å²) in [7, 11) is 1.32. The van der Waals surface area contributed by atoms with Gasteiger partial charge in [-0.15, -0.1) is 0 Å². The molecule has 0 aromatic carbocycles. The zero-order chi connectivity index (χ0) is 13.7. The van der Waals surface area contributed by atoms with E-state index in [-0.39, 0.29) is 12.4 Å². The van der Waals surface area contributed by atoms with Crippen molar-refractivity contribution in [3.63, 3.8) is 0 Å². The number of aliphatic hydroxyl groups is 1. The zero-order valence-corrected chi connectivity index (χ0v) is 11.1. The summed E-state index contributed by atoms with van der Waals surface area (Å²) in [5.74, 6) is 0.795. The number of rotatable bonds is 4. The van der Waals surface area contributed by atoms with Gasteiger partial charge in [0.1, 0.15) is 5.82 Å². The predicted molar refractivity (Wildman–Crippen MR) is 70.0 cm³/mol. The van der Waals surface area contributed by atoms with Crippen LogP contribution in [0.3, 0.4) is 0 Å². The highest BCUT2D eigenvalue weighted by molar-refractivity contribution is 5.85. The van der Waals surface area contributed by atoms with Crippen LogP contribution in [0.1, 0.15) is 29.9 Å². The Balaban J connectivity index is 2.10. The third-order valence-corrected chi connectivity index (χ3v) is 3.39. The molecule has 1 aromatic rings. The molecule has 6 nitrogen and oxygen atoms in total. The zero-order valence-electron chi connectivity index (χ0n) is 11.1. The average Bonchev–Trinajstić information content (AvgIpc) is 2.47. The molecule has 1 atom stereocenters. The van der Waals surface area contributed by atoms with Crippen LogP contribution in [0.15, 0.2) is 12.3 Å². The fourth-order valence-electron chi connectivity index (χ4n) is 2.41. The minimum Gasteiger partial charge on any atom is -0.463 e. The fraction of sp³-hybridized carbons (Fsp3) is 0.615. The third-order valence-electron chi connectivity index (χ3n) is 3.39. The van der Waals surface area contributed by atoms with Crippen molar-refractivity contribution < 1.29 is 14.6 Å². The summed E-state index contributed by atoms with van der Waals surface area (Å²) in [5.41, 5.74) is 0. The first-order chi connectivity index (χ1) is 9.24. The van der Waals surface area contributed by atoms with Gasteiger partial charge in [-0.3, -0.25) is 0 Å². The summed E-state index contributed by atoms with van der Waals surface area (Å²) in [5, 5.41) is 9.02. The molecule has 0 radical (unpaired) electrons. The Kier molecular flexibility index (Phi) is 4.68. The molecule has 0 bridgehead atoms. The maximum Gasteiger partial charge on any atom is 0.376 e. The molecule has 1 saturated heterocycles. The second-order valence-electron chi connectivity index (χ2n) is 4.70. The highest BCUT2D eigenvalue weighted by Crippen LogP contribution is 2.23. The number of carbonyl (C=O) groups is 1. The van der Waals surface area contributed by atoms with E-state index in [1.54, 1.807) is 12.3 Å². The quantitative estimate of drug-likeness (QED) is 0.814. The van der Waals surface area contributed by atoms with E-state index in [0.29, 0.717) is 5.92 Å². The molecule has 0 spiro atoms. The van der Waals surface area contributed by atoms with Crippen LogP contribution in [0.4, 0.5) is 5.82 Å².